The second-order valence-corrected chi connectivity index (χ2v) is 7.72. The van der Waals surface area contributed by atoms with Crippen molar-refractivity contribution in [3.05, 3.63) is 29.8 Å². The van der Waals surface area contributed by atoms with Crippen molar-refractivity contribution in [3.63, 3.8) is 0 Å². The highest BCUT2D eigenvalue weighted by Crippen LogP contribution is 2.24. The Balaban J connectivity index is 1.75. The molecule has 3 heteroatoms. The number of likely N-dealkylation sites (tertiary alicyclic amines) is 1. The molecule has 1 aliphatic rings. The third kappa shape index (κ3) is 5.29. The molecule has 2 rings (SSSR count). The third-order valence-electron chi connectivity index (χ3n) is 4.51. The smallest absolute Gasteiger partial charge is 0.119 e. The number of piperidine rings is 1. The molecule has 0 bridgehead atoms. The first-order valence-corrected chi connectivity index (χ1v) is 8.48. The van der Waals surface area contributed by atoms with Gasteiger partial charge in [0.25, 0.3) is 0 Å². The molecule has 124 valence electrons. The van der Waals surface area contributed by atoms with Crippen molar-refractivity contribution in [1.29, 1.82) is 0 Å². The molecule has 1 aromatic carbocycles. The highest BCUT2D eigenvalue weighted by molar-refractivity contribution is 5.31. The van der Waals surface area contributed by atoms with Crippen molar-refractivity contribution in [2.45, 2.75) is 52.1 Å². The summed E-state index contributed by atoms with van der Waals surface area (Å²) in [7, 11) is 0. The maximum atomic E-state index is 10.1. The van der Waals surface area contributed by atoms with Crippen LogP contribution < -0.4 is 4.74 Å². The Bertz CT molecular complexity index is 441. The molecule has 0 radical (unpaired) electrons. The SMILES string of the molecule is CC1CCN(C[C@H](O)COc2ccc(C(C)(C)C)cc2)CC1. The average Bonchev–Trinajstić information content (AvgIpc) is 2.47. The zero-order valence-electron chi connectivity index (χ0n) is 14.5. The molecule has 1 heterocycles. The van der Waals surface area contributed by atoms with E-state index < -0.39 is 6.10 Å². The lowest BCUT2D eigenvalue weighted by Crippen LogP contribution is -2.40. The summed E-state index contributed by atoms with van der Waals surface area (Å²) < 4.78 is 5.72. The Hall–Kier alpha value is -1.06. The lowest BCUT2D eigenvalue weighted by atomic mass is 9.87. The summed E-state index contributed by atoms with van der Waals surface area (Å²) >= 11 is 0. The van der Waals surface area contributed by atoms with Crippen molar-refractivity contribution in [2.75, 3.05) is 26.2 Å². The molecule has 22 heavy (non-hydrogen) atoms. The Morgan fingerprint density at radius 3 is 2.32 bits per heavy atom. The summed E-state index contributed by atoms with van der Waals surface area (Å²) in [5, 5.41) is 10.1. The van der Waals surface area contributed by atoms with Crippen molar-refractivity contribution in [2.24, 2.45) is 5.92 Å². The molecule has 0 spiro atoms. The van der Waals surface area contributed by atoms with Gasteiger partial charge in [0.1, 0.15) is 18.5 Å². The molecule has 0 unspecified atom stereocenters. The third-order valence-corrected chi connectivity index (χ3v) is 4.51. The summed E-state index contributed by atoms with van der Waals surface area (Å²) in [6.07, 6.45) is 2.06. The number of aliphatic hydroxyl groups excluding tert-OH is 1. The van der Waals surface area contributed by atoms with Crippen molar-refractivity contribution < 1.29 is 9.84 Å². The highest BCUT2D eigenvalue weighted by atomic mass is 16.5. The van der Waals surface area contributed by atoms with Crippen LogP contribution in [0.4, 0.5) is 0 Å². The van der Waals surface area contributed by atoms with E-state index in [1.54, 1.807) is 0 Å². The lowest BCUT2D eigenvalue weighted by molar-refractivity contribution is 0.0563. The van der Waals surface area contributed by atoms with Gasteiger partial charge in [0, 0.05) is 6.54 Å². The second kappa shape index (κ2) is 7.47. The van der Waals surface area contributed by atoms with Gasteiger partial charge in [-0.15, -0.1) is 0 Å². The standard InChI is InChI=1S/C19H31NO2/c1-15-9-11-20(12-10-15)13-17(21)14-22-18-7-5-16(6-8-18)19(2,3)4/h5-8,15,17,21H,9-14H2,1-4H3/t17-/m0/s1. The minimum Gasteiger partial charge on any atom is -0.491 e. The molecule has 1 aromatic rings. The fraction of sp³-hybridized carbons (Fsp3) is 0.684. The summed E-state index contributed by atoms with van der Waals surface area (Å²) in [4.78, 5) is 2.34. The van der Waals surface area contributed by atoms with Gasteiger partial charge in [-0.25, -0.2) is 0 Å². The largest absolute Gasteiger partial charge is 0.491 e. The van der Waals surface area contributed by atoms with E-state index in [0.717, 1.165) is 24.8 Å². The van der Waals surface area contributed by atoms with E-state index in [1.807, 2.05) is 12.1 Å². The van der Waals surface area contributed by atoms with Gasteiger partial charge in [-0.3, -0.25) is 0 Å². The summed E-state index contributed by atoms with van der Waals surface area (Å²) in [6.45, 7) is 12.2. The van der Waals surface area contributed by atoms with Crippen LogP contribution in [0.15, 0.2) is 24.3 Å². The predicted octanol–water partition coefficient (Wildman–Crippen LogP) is 3.46. The van der Waals surface area contributed by atoms with E-state index in [2.05, 4.69) is 44.7 Å². The fourth-order valence-corrected chi connectivity index (χ4v) is 2.84. The molecule has 1 saturated heterocycles. The monoisotopic (exact) mass is 305 g/mol. The molecule has 1 atom stereocenters. The number of hydrogen-bond donors (Lipinski definition) is 1. The van der Waals surface area contributed by atoms with Crippen LogP contribution in [0.1, 0.15) is 46.1 Å². The van der Waals surface area contributed by atoms with Gasteiger partial charge < -0.3 is 14.7 Å². The van der Waals surface area contributed by atoms with Crippen molar-refractivity contribution in [3.8, 4) is 5.75 Å². The Morgan fingerprint density at radius 1 is 1.18 bits per heavy atom. The molecule has 0 amide bonds. The van der Waals surface area contributed by atoms with E-state index in [4.69, 9.17) is 4.74 Å². The van der Waals surface area contributed by atoms with Gasteiger partial charge in [-0.05, 0) is 55.0 Å². The molecule has 0 aliphatic carbocycles. The number of hydrogen-bond acceptors (Lipinski definition) is 3. The van der Waals surface area contributed by atoms with Crippen molar-refractivity contribution in [1.82, 2.24) is 4.90 Å². The Labute approximate surface area is 135 Å². The van der Waals surface area contributed by atoms with Gasteiger partial charge in [-0.1, -0.05) is 39.8 Å². The van der Waals surface area contributed by atoms with Crippen LogP contribution in [0.3, 0.4) is 0 Å². The topological polar surface area (TPSA) is 32.7 Å². The van der Waals surface area contributed by atoms with E-state index in [0.29, 0.717) is 13.2 Å². The number of β-amino-alcohol motifs (C(OH)–C–C–N with tert-alkyl or cyclic N) is 1. The molecule has 0 saturated carbocycles. The van der Waals surface area contributed by atoms with Gasteiger partial charge in [-0.2, -0.15) is 0 Å². The van der Waals surface area contributed by atoms with Crippen LogP contribution in [0.25, 0.3) is 0 Å². The van der Waals surface area contributed by atoms with Crippen LogP contribution in [-0.4, -0.2) is 42.4 Å². The van der Waals surface area contributed by atoms with Crippen LogP contribution >= 0.6 is 0 Å². The first kappa shape index (κ1) is 17.3. The zero-order valence-corrected chi connectivity index (χ0v) is 14.5. The quantitative estimate of drug-likeness (QED) is 0.904. The van der Waals surface area contributed by atoms with E-state index in [-0.39, 0.29) is 5.41 Å². The van der Waals surface area contributed by atoms with Crippen LogP contribution in [0, 0.1) is 5.92 Å². The molecule has 1 aliphatic heterocycles. The lowest BCUT2D eigenvalue weighted by Gasteiger charge is -2.31. The van der Waals surface area contributed by atoms with Gasteiger partial charge in [0.15, 0.2) is 0 Å². The number of benzene rings is 1. The maximum Gasteiger partial charge on any atom is 0.119 e. The van der Waals surface area contributed by atoms with E-state index in [9.17, 15) is 5.11 Å². The van der Waals surface area contributed by atoms with E-state index in [1.165, 1.54) is 18.4 Å². The molecular formula is C19H31NO2. The fourth-order valence-electron chi connectivity index (χ4n) is 2.84. The minimum atomic E-state index is -0.421. The van der Waals surface area contributed by atoms with E-state index >= 15 is 0 Å². The molecule has 3 nitrogen and oxygen atoms in total. The summed E-state index contributed by atoms with van der Waals surface area (Å²) in [5.74, 6) is 1.66. The molecule has 0 aromatic heterocycles. The molecule has 1 fully saturated rings. The average molecular weight is 305 g/mol. The molecular weight excluding hydrogens is 274 g/mol. The second-order valence-electron chi connectivity index (χ2n) is 7.72. The van der Waals surface area contributed by atoms with Crippen LogP contribution in [0.2, 0.25) is 0 Å². The number of ether oxygens (including phenoxy) is 1. The Kier molecular flexibility index (Phi) is 5.87. The zero-order chi connectivity index (χ0) is 16.2. The van der Waals surface area contributed by atoms with Crippen LogP contribution in [0.5, 0.6) is 5.75 Å². The van der Waals surface area contributed by atoms with Crippen LogP contribution in [-0.2, 0) is 5.41 Å². The van der Waals surface area contributed by atoms with Crippen molar-refractivity contribution >= 4 is 0 Å². The number of nitrogens with zero attached hydrogens (tertiary/aromatic N) is 1. The Morgan fingerprint density at radius 2 is 1.77 bits per heavy atom. The van der Waals surface area contributed by atoms with Gasteiger partial charge in [0.05, 0.1) is 0 Å². The number of rotatable bonds is 5. The predicted molar refractivity (Wildman–Crippen MR) is 91.5 cm³/mol. The minimum absolute atomic E-state index is 0.156. The number of aliphatic hydroxyl groups is 1. The normalized spacial score (nSPS) is 19.1. The summed E-state index contributed by atoms with van der Waals surface area (Å²) in [6, 6.07) is 8.20. The highest BCUT2D eigenvalue weighted by Gasteiger charge is 2.18. The molecule has 1 N–H and O–H groups in total. The summed E-state index contributed by atoms with van der Waals surface area (Å²) in [5.41, 5.74) is 1.45. The van der Waals surface area contributed by atoms with Gasteiger partial charge >= 0.3 is 0 Å². The first-order valence-electron chi connectivity index (χ1n) is 8.48. The maximum absolute atomic E-state index is 10.1. The van der Waals surface area contributed by atoms with Gasteiger partial charge in [0.2, 0.25) is 0 Å². The first-order chi connectivity index (χ1) is 10.3.